The van der Waals surface area contributed by atoms with Crippen LogP contribution < -0.4 is 4.90 Å². The summed E-state index contributed by atoms with van der Waals surface area (Å²) < 4.78 is 2.66. The zero-order chi connectivity index (χ0) is 29.8. The largest absolute Gasteiger partial charge is 0.310 e. The Kier molecular flexibility index (Phi) is 5.24. The maximum atomic E-state index is 2.52. The molecule has 0 aliphatic heterocycles. The van der Waals surface area contributed by atoms with E-state index < -0.39 is 0 Å². The lowest BCUT2D eigenvalue weighted by Crippen LogP contribution is -2.17. The van der Waals surface area contributed by atoms with Gasteiger partial charge in [0.2, 0.25) is 0 Å². The summed E-state index contributed by atoms with van der Waals surface area (Å²) in [6.07, 6.45) is 0. The van der Waals surface area contributed by atoms with E-state index in [1.807, 2.05) is 11.3 Å². The third-order valence-corrected chi connectivity index (χ3v) is 11.4. The molecule has 0 atom stereocenters. The third-order valence-electron chi connectivity index (χ3n) is 10.3. The minimum atomic E-state index is -0.0751. The molecule has 0 saturated heterocycles. The standard InChI is InChI=1S/C42H33NS/c1-41(2)34-16-9-6-14-31(34)40-35(41)17-11-18-37(40)43(26-21-23-39-32(24-26)30-13-7-10-19-38(30)44-39)27-20-22-29-28-12-5-8-15-33(28)42(3,4)36(29)25-27/h5-25H,1-4H3. The molecule has 0 unspecified atom stereocenters. The second kappa shape index (κ2) is 8.94. The molecule has 2 heteroatoms. The number of nitrogens with zero attached hydrogens (tertiary/aromatic N) is 1. The minimum Gasteiger partial charge on any atom is -0.310 e. The normalized spacial score (nSPS) is 15.2. The first-order valence-corrected chi connectivity index (χ1v) is 16.3. The van der Waals surface area contributed by atoms with Crippen molar-refractivity contribution in [1.29, 1.82) is 0 Å². The fraction of sp³-hybridized carbons (Fsp3) is 0.143. The lowest BCUT2D eigenvalue weighted by Gasteiger charge is -2.30. The van der Waals surface area contributed by atoms with Crippen LogP contribution >= 0.6 is 11.3 Å². The topological polar surface area (TPSA) is 3.24 Å². The molecule has 9 rings (SSSR count). The van der Waals surface area contributed by atoms with Gasteiger partial charge in [0.1, 0.15) is 0 Å². The molecule has 0 spiro atoms. The Bertz CT molecular complexity index is 2300. The van der Waals surface area contributed by atoms with E-state index in [0.29, 0.717) is 0 Å². The summed E-state index contributed by atoms with van der Waals surface area (Å²) in [7, 11) is 0. The Balaban J connectivity index is 1.33. The fourth-order valence-corrected chi connectivity index (χ4v) is 9.12. The van der Waals surface area contributed by atoms with E-state index in [1.54, 1.807) is 0 Å². The molecule has 0 fully saturated rings. The van der Waals surface area contributed by atoms with Gasteiger partial charge in [-0.2, -0.15) is 0 Å². The van der Waals surface area contributed by atoms with Crippen molar-refractivity contribution < 1.29 is 0 Å². The minimum absolute atomic E-state index is 0.0668. The molecule has 2 aliphatic rings. The van der Waals surface area contributed by atoms with Crippen LogP contribution in [0.5, 0.6) is 0 Å². The van der Waals surface area contributed by atoms with Crippen LogP contribution in [0.4, 0.5) is 17.1 Å². The Labute approximate surface area is 263 Å². The van der Waals surface area contributed by atoms with Gasteiger partial charge in [-0.3, -0.25) is 0 Å². The van der Waals surface area contributed by atoms with Crippen LogP contribution in [0.2, 0.25) is 0 Å². The smallest absolute Gasteiger partial charge is 0.0543 e. The molecule has 1 aromatic heterocycles. The number of hydrogen-bond acceptors (Lipinski definition) is 2. The second-order valence-corrected chi connectivity index (χ2v) is 14.5. The SMILES string of the molecule is CC1(C)c2ccccc2-c2ccc(N(c3ccc4sc5ccccc5c4c3)c3cccc4c3-c3ccccc3C4(C)C)cc21. The summed E-state index contributed by atoms with van der Waals surface area (Å²) in [5.41, 5.74) is 14.4. The van der Waals surface area contributed by atoms with Gasteiger partial charge in [0, 0.05) is 47.9 Å². The fourth-order valence-electron chi connectivity index (χ4n) is 8.03. The molecule has 44 heavy (non-hydrogen) atoms. The summed E-state index contributed by atoms with van der Waals surface area (Å²) in [4.78, 5) is 2.52. The van der Waals surface area contributed by atoms with E-state index in [4.69, 9.17) is 0 Å². The van der Waals surface area contributed by atoms with Crippen molar-refractivity contribution in [2.45, 2.75) is 38.5 Å². The van der Waals surface area contributed by atoms with Crippen molar-refractivity contribution in [1.82, 2.24) is 0 Å². The Morgan fingerprint density at radius 3 is 1.89 bits per heavy atom. The monoisotopic (exact) mass is 583 g/mol. The van der Waals surface area contributed by atoms with Crippen molar-refractivity contribution in [2.75, 3.05) is 4.90 Å². The van der Waals surface area contributed by atoms with Gasteiger partial charge in [0.15, 0.2) is 0 Å². The molecule has 7 aromatic rings. The molecular weight excluding hydrogens is 551 g/mol. The molecule has 0 saturated carbocycles. The van der Waals surface area contributed by atoms with Crippen LogP contribution in [0.1, 0.15) is 49.9 Å². The highest BCUT2D eigenvalue weighted by Crippen LogP contribution is 2.56. The lowest BCUT2D eigenvalue weighted by atomic mass is 9.82. The average molecular weight is 584 g/mol. The average Bonchev–Trinajstić information content (AvgIpc) is 3.61. The first kappa shape index (κ1) is 25.8. The maximum absolute atomic E-state index is 2.52. The van der Waals surface area contributed by atoms with Crippen LogP contribution in [-0.2, 0) is 10.8 Å². The quantitative estimate of drug-likeness (QED) is 0.200. The number of benzene rings is 6. The molecule has 0 N–H and O–H groups in total. The summed E-state index contributed by atoms with van der Waals surface area (Å²) in [6, 6.07) is 47.8. The molecule has 6 aromatic carbocycles. The van der Waals surface area contributed by atoms with Gasteiger partial charge in [-0.05, 0) is 81.4 Å². The number of thiophene rings is 1. The van der Waals surface area contributed by atoms with Crippen molar-refractivity contribution in [3.8, 4) is 22.3 Å². The van der Waals surface area contributed by atoms with Gasteiger partial charge in [-0.1, -0.05) is 113 Å². The molecule has 212 valence electrons. The zero-order valence-corrected chi connectivity index (χ0v) is 26.3. The van der Waals surface area contributed by atoms with E-state index in [1.165, 1.54) is 81.7 Å². The van der Waals surface area contributed by atoms with Crippen molar-refractivity contribution in [3.05, 3.63) is 150 Å². The molecular formula is C42H33NS. The number of anilines is 3. The van der Waals surface area contributed by atoms with Gasteiger partial charge in [0.25, 0.3) is 0 Å². The third kappa shape index (κ3) is 3.41. The van der Waals surface area contributed by atoms with Gasteiger partial charge < -0.3 is 4.90 Å². The molecule has 0 radical (unpaired) electrons. The number of fused-ring (bicyclic) bond motifs is 9. The molecule has 1 heterocycles. The number of hydrogen-bond donors (Lipinski definition) is 0. The Morgan fingerprint density at radius 1 is 0.455 bits per heavy atom. The van der Waals surface area contributed by atoms with Crippen molar-refractivity contribution in [2.24, 2.45) is 0 Å². The van der Waals surface area contributed by atoms with Crippen LogP contribution in [-0.4, -0.2) is 0 Å². The first-order chi connectivity index (χ1) is 21.3. The summed E-state index contributed by atoms with van der Waals surface area (Å²) in [5.74, 6) is 0. The highest BCUT2D eigenvalue weighted by Gasteiger charge is 2.39. The van der Waals surface area contributed by atoms with Crippen LogP contribution in [0.25, 0.3) is 42.4 Å². The predicted octanol–water partition coefficient (Wildman–Crippen LogP) is 12.1. The molecule has 0 amide bonds. The van der Waals surface area contributed by atoms with Gasteiger partial charge in [-0.25, -0.2) is 0 Å². The predicted molar refractivity (Wildman–Crippen MR) is 189 cm³/mol. The maximum Gasteiger partial charge on any atom is 0.0543 e. The van der Waals surface area contributed by atoms with E-state index in [-0.39, 0.29) is 10.8 Å². The van der Waals surface area contributed by atoms with Crippen molar-refractivity contribution >= 4 is 48.6 Å². The van der Waals surface area contributed by atoms with E-state index in [0.717, 1.165) is 0 Å². The first-order valence-electron chi connectivity index (χ1n) is 15.5. The highest BCUT2D eigenvalue weighted by molar-refractivity contribution is 7.25. The van der Waals surface area contributed by atoms with Crippen molar-refractivity contribution in [3.63, 3.8) is 0 Å². The van der Waals surface area contributed by atoms with Crippen LogP contribution in [0.15, 0.2) is 127 Å². The van der Waals surface area contributed by atoms with Crippen LogP contribution in [0, 0.1) is 0 Å². The molecule has 0 bridgehead atoms. The van der Waals surface area contributed by atoms with E-state index in [9.17, 15) is 0 Å². The molecule has 2 aliphatic carbocycles. The lowest BCUT2D eigenvalue weighted by molar-refractivity contribution is 0.660. The number of rotatable bonds is 3. The van der Waals surface area contributed by atoms with Crippen LogP contribution in [0.3, 0.4) is 0 Å². The zero-order valence-electron chi connectivity index (χ0n) is 25.5. The molecule has 1 nitrogen and oxygen atoms in total. The Morgan fingerprint density at radius 2 is 1.05 bits per heavy atom. The summed E-state index contributed by atoms with van der Waals surface area (Å²) in [5, 5.41) is 2.64. The van der Waals surface area contributed by atoms with Gasteiger partial charge in [-0.15, -0.1) is 11.3 Å². The summed E-state index contributed by atoms with van der Waals surface area (Å²) in [6.45, 7) is 9.47. The van der Waals surface area contributed by atoms with Gasteiger partial charge >= 0.3 is 0 Å². The highest BCUT2D eigenvalue weighted by atomic mass is 32.1. The van der Waals surface area contributed by atoms with Gasteiger partial charge in [0.05, 0.1) is 5.69 Å². The van der Waals surface area contributed by atoms with E-state index >= 15 is 0 Å². The Hall–Kier alpha value is -4.66. The second-order valence-electron chi connectivity index (χ2n) is 13.4. The van der Waals surface area contributed by atoms with E-state index in [2.05, 4.69) is 160 Å². The summed E-state index contributed by atoms with van der Waals surface area (Å²) >= 11 is 1.87.